The molecule has 1 spiro atoms. The number of rotatable bonds is 11. The molecule has 10 heterocycles. The average Bonchev–Trinajstić information content (AvgIpc) is 3.98. The maximum atomic E-state index is 15.3. The van der Waals surface area contributed by atoms with Gasteiger partial charge in [0.1, 0.15) is 11.3 Å². The standard InChI is InChI=1S/C57H68FN13O5/c1-36(2)70-35-61-47-31-46(63-53(52(47)70)62-45-12-17-59-33-44(45)58)38-6-9-43-48(28-38)71(41-29-40(30-41)66-18-4-3-5-19-66)56(76)57(43)15-22-69(23-16-57)55(75)37-13-20-68(21-14-37)51(73)34-65-24-26-67(27-25-65)49-10-7-39(32-60-49)42-8-11-50(72)64-54(42)74/h6-7,9-10,12,17,28,31-33,35-37,40-42H,3-5,8,11,13-16,18-27,29-30,34H2,1-2H3,(H,59,62,63)(H,64,72,74). The Balaban J connectivity index is 0.697. The number of amides is 5. The number of carbonyl (C=O) groups is 5. The van der Waals surface area contributed by atoms with E-state index in [1.54, 1.807) is 24.8 Å². The van der Waals surface area contributed by atoms with Gasteiger partial charge in [0.15, 0.2) is 11.6 Å². The third-order valence-corrected chi connectivity index (χ3v) is 17.8. The first-order chi connectivity index (χ1) is 36.9. The summed E-state index contributed by atoms with van der Waals surface area (Å²) in [5, 5.41) is 5.66. The summed E-state index contributed by atoms with van der Waals surface area (Å²) >= 11 is 0. The van der Waals surface area contributed by atoms with Crippen molar-refractivity contribution >= 4 is 63.6 Å². The Morgan fingerprint density at radius 1 is 0.829 bits per heavy atom. The number of imide groups is 1. The first-order valence-electron chi connectivity index (χ1n) is 27.7. The number of piperidine rings is 4. The Hall–Kier alpha value is -6.86. The number of nitrogens with zero attached hydrogens (tertiary/aromatic N) is 11. The summed E-state index contributed by atoms with van der Waals surface area (Å²) in [4.78, 5) is 98.6. The Bertz CT molecular complexity index is 3040. The molecule has 1 saturated carbocycles. The molecule has 1 atom stereocenters. The molecule has 19 heteroatoms. The average molecular weight is 1030 g/mol. The van der Waals surface area contributed by atoms with E-state index in [0.717, 1.165) is 78.2 Å². The van der Waals surface area contributed by atoms with Crippen molar-refractivity contribution in [3.63, 3.8) is 0 Å². The largest absolute Gasteiger partial charge is 0.354 e. The Kier molecular flexibility index (Phi) is 13.5. The van der Waals surface area contributed by atoms with E-state index in [4.69, 9.17) is 9.97 Å². The lowest BCUT2D eigenvalue weighted by Crippen LogP contribution is -2.58. The zero-order valence-corrected chi connectivity index (χ0v) is 43.6. The second-order valence-electron chi connectivity index (χ2n) is 22.5. The van der Waals surface area contributed by atoms with Crippen LogP contribution in [0.15, 0.2) is 67.4 Å². The molecule has 398 valence electrons. The summed E-state index contributed by atoms with van der Waals surface area (Å²) in [6.07, 6.45) is 14.9. The molecule has 6 aliphatic heterocycles. The molecular weight excluding hydrogens is 966 g/mol. The van der Waals surface area contributed by atoms with Crippen LogP contribution in [0.4, 0.5) is 27.4 Å². The van der Waals surface area contributed by atoms with Crippen LogP contribution >= 0.6 is 0 Å². The van der Waals surface area contributed by atoms with Crippen LogP contribution in [0.2, 0.25) is 0 Å². The molecule has 1 aromatic carbocycles. The van der Waals surface area contributed by atoms with E-state index < -0.39 is 11.2 Å². The molecule has 76 heavy (non-hydrogen) atoms. The molecule has 5 amide bonds. The highest BCUT2D eigenvalue weighted by molar-refractivity contribution is 6.09. The maximum Gasteiger partial charge on any atom is 0.238 e. The number of benzene rings is 1. The summed E-state index contributed by atoms with van der Waals surface area (Å²) in [6, 6.07) is 14.3. The minimum absolute atomic E-state index is 0.0735. The third kappa shape index (κ3) is 9.36. The van der Waals surface area contributed by atoms with Crippen LogP contribution in [0.25, 0.3) is 22.3 Å². The number of likely N-dealkylation sites (tertiary alicyclic amines) is 3. The fourth-order valence-corrected chi connectivity index (χ4v) is 13.2. The van der Waals surface area contributed by atoms with Gasteiger partial charge in [0.25, 0.3) is 0 Å². The van der Waals surface area contributed by atoms with Crippen LogP contribution in [0, 0.1) is 11.7 Å². The first-order valence-corrected chi connectivity index (χ1v) is 27.7. The summed E-state index contributed by atoms with van der Waals surface area (Å²) in [5.41, 5.74) is 5.23. The van der Waals surface area contributed by atoms with E-state index in [2.05, 4.69) is 72.2 Å². The van der Waals surface area contributed by atoms with Gasteiger partial charge in [-0.2, -0.15) is 0 Å². The van der Waals surface area contributed by atoms with Crippen LogP contribution in [0.3, 0.4) is 0 Å². The second kappa shape index (κ2) is 20.6. The van der Waals surface area contributed by atoms with Gasteiger partial charge in [-0.25, -0.2) is 19.3 Å². The number of carbonyl (C=O) groups excluding carboxylic acids is 5. The maximum absolute atomic E-state index is 15.3. The van der Waals surface area contributed by atoms with Gasteiger partial charge in [-0.3, -0.25) is 39.2 Å². The number of halogens is 1. The first kappa shape index (κ1) is 50.0. The van der Waals surface area contributed by atoms with Crippen molar-refractivity contribution in [2.75, 3.05) is 87.1 Å². The van der Waals surface area contributed by atoms with Gasteiger partial charge in [-0.1, -0.05) is 24.6 Å². The van der Waals surface area contributed by atoms with Crippen molar-refractivity contribution in [2.24, 2.45) is 5.92 Å². The summed E-state index contributed by atoms with van der Waals surface area (Å²) in [5.74, 6) is 0.106. The number of imidazole rings is 1. The minimum atomic E-state index is -0.750. The SMILES string of the molecule is CC(C)n1cnc2cc(-c3ccc4c(c3)N(C3CC(N5CCCCC5)C3)C(=O)C43CCN(C(=O)C4CCN(C(=O)CN5CCN(c6ccc(C7CCC(=O)NC7=O)cn6)CC5)CC4)CC3)nc(Nc3ccncc3F)c21. The molecule has 18 nitrogen and oxygen atoms in total. The molecule has 0 bridgehead atoms. The van der Waals surface area contributed by atoms with Crippen molar-refractivity contribution in [3.8, 4) is 11.3 Å². The molecule has 5 saturated heterocycles. The predicted molar refractivity (Wildman–Crippen MR) is 285 cm³/mol. The van der Waals surface area contributed by atoms with Gasteiger partial charge in [-0.15, -0.1) is 0 Å². The highest BCUT2D eigenvalue weighted by atomic mass is 19.1. The van der Waals surface area contributed by atoms with Gasteiger partial charge in [-0.05, 0) is 120 Å². The van der Waals surface area contributed by atoms with E-state index in [0.29, 0.717) is 102 Å². The van der Waals surface area contributed by atoms with E-state index in [-0.39, 0.29) is 59.1 Å². The molecule has 1 aliphatic carbocycles. The van der Waals surface area contributed by atoms with Gasteiger partial charge in [0, 0.05) is 106 Å². The Morgan fingerprint density at radius 2 is 1.61 bits per heavy atom. The zero-order valence-electron chi connectivity index (χ0n) is 43.6. The van der Waals surface area contributed by atoms with Crippen molar-refractivity contribution in [1.82, 2.24) is 49.4 Å². The monoisotopic (exact) mass is 1030 g/mol. The van der Waals surface area contributed by atoms with Crippen molar-refractivity contribution in [1.29, 1.82) is 0 Å². The highest BCUT2D eigenvalue weighted by Gasteiger charge is 2.56. The van der Waals surface area contributed by atoms with E-state index >= 15 is 9.18 Å². The molecule has 0 radical (unpaired) electrons. The van der Waals surface area contributed by atoms with Crippen molar-refractivity contribution < 1.29 is 28.4 Å². The predicted octanol–water partition coefficient (Wildman–Crippen LogP) is 6.16. The van der Waals surface area contributed by atoms with Crippen LogP contribution in [0.5, 0.6) is 0 Å². The number of hydrogen-bond donors (Lipinski definition) is 2. The number of fused-ring (bicyclic) bond motifs is 3. The number of hydrogen-bond acceptors (Lipinski definition) is 13. The van der Waals surface area contributed by atoms with Crippen molar-refractivity contribution in [3.05, 3.63) is 84.3 Å². The quantitative estimate of drug-likeness (QED) is 0.144. The second-order valence-corrected chi connectivity index (χ2v) is 22.5. The van der Waals surface area contributed by atoms with Crippen LogP contribution in [-0.4, -0.2) is 158 Å². The minimum Gasteiger partial charge on any atom is -0.354 e. The van der Waals surface area contributed by atoms with Crippen molar-refractivity contribution in [2.45, 2.75) is 114 Å². The lowest BCUT2D eigenvalue weighted by atomic mass is 9.73. The number of nitrogens with one attached hydrogen (secondary N) is 2. The molecule has 12 rings (SSSR count). The van der Waals surface area contributed by atoms with E-state index in [1.807, 2.05) is 32.6 Å². The Morgan fingerprint density at radius 3 is 2.32 bits per heavy atom. The molecule has 6 fully saturated rings. The Labute approximate surface area is 442 Å². The van der Waals surface area contributed by atoms with Crippen LogP contribution < -0.4 is 20.4 Å². The van der Waals surface area contributed by atoms with E-state index in [9.17, 15) is 19.2 Å². The number of piperazine rings is 1. The fraction of sp³-hybridized carbons (Fsp3) is 0.526. The van der Waals surface area contributed by atoms with Gasteiger partial charge < -0.3 is 34.4 Å². The summed E-state index contributed by atoms with van der Waals surface area (Å²) < 4.78 is 17.1. The molecule has 1 unspecified atom stereocenters. The normalized spacial score (nSPS) is 23.6. The summed E-state index contributed by atoms with van der Waals surface area (Å²) in [7, 11) is 0. The third-order valence-electron chi connectivity index (χ3n) is 17.8. The zero-order chi connectivity index (χ0) is 52.2. The van der Waals surface area contributed by atoms with Crippen LogP contribution in [-0.2, 0) is 29.4 Å². The summed E-state index contributed by atoms with van der Waals surface area (Å²) in [6.45, 7) is 11.6. The molecule has 2 N–H and O–H groups in total. The highest BCUT2D eigenvalue weighted by Crippen LogP contribution is 2.52. The fourth-order valence-electron chi connectivity index (χ4n) is 13.2. The van der Waals surface area contributed by atoms with Gasteiger partial charge in [0.05, 0.1) is 47.3 Å². The molecule has 4 aromatic heterocycles. The smallest absolute Gasteiger partial charge is 0.238 e. The molecule has 5 aromatic rings. The van der Waals surface area contributed by atoms with Crippen LogP contribution in [0.1, 0.15) is 108 Å². The number of pyridine rings is 3. The number of anilines is 4. The lowest BCUT2D eigenvalue weighted by Gasteiger charge is -2.48. The molecular formula is C57H68FN13O5. The van der Waals surface area contributed by atoms with Gasteiger partial charge in [0.2, 0.25) is 29.5 Å². The van der Waals surface area contributed by atoms with Gasteiger partial charge >= 0.3 is 0 Å². The molecule has 7 aliphatic rings. The number of aromatic nitrogens is 5. The topological polar surface area (TPSA) is 185 Å². The lowest BCUT2D eigenvalue weighted by molar-refractivity contribution is -0.143. The van der Waals surface area contributed by atoms with E-state index in [1.165, 1.54) is 25.5 Å².